The molecule has 0 unspecified atom stereocenters. The minimum Gasteiger partial charge on any atom is -0.492 e. The summed E-state index contributed by atoms with van der Waals surface area (Å²) in [6.45, 7) is 4.43. The quantitative estimate of drug-likeness (QED) is 0.748. The van der Waals surface area contributed by atoms with Crippen LogP contribution in [0.2, 0.25) is 0 Å². The minimum absolute atomic E-state index is 0.244. The van der Waals surface area contributed by atoms with Crippen LogP contribution in [-0.4, -0.2) is 19.7 Å². The predicted molar refractivity (Wildman–Crippen MR) is 62.2 cm³/mol. The molecule has 0 aromatic heterocycles. The molecule has 1 N–H and O–H groups in total. The molecule has 3 heteroatoms. The third kappa shape index (κ3) is 3.49. The minimum atomic E-state index is -0.244. The smallest absolute Gasteiger partial charge is 0.126 e. The molecule has 1 aliphatic rings. The summed E-state index contributed by atoms with van der Waals surface area (Å²) >= 11 is 0. The van der Waals surface area contributed by atoms with E-state index in [1.165, 1.54) is 25.0 Å². The van der Waals surface area contributed by atoms with Crippen LogP contribution >= 0.6 is 0 Å². The number of ether oxygens (including phenoxy) is 1. The first-order chi connectivity index (χ1) is 7.75. The van der Waals surface area contributed by atoms with Gasteiger partial charge in [-0.15, -0.1) is 0 Å². The number of nitrogens with one attached hydrogen (secondary N) is 1. The first kappa shape index (κ1) is 11.4. The summed E-state index contributed by atoms with van der Waals surface area (Å²) in [4.78, 5) is 0. The molecule has 1 saturated carbocycles. The second-order valence-electron chi connectivity index (χ2n) is 4.41. The predicted octanol–water partition coefficient (Wildman–Crippen LogP) is 2.51. The van der Waals surface area contributed by atoms with Gasteiger partial charge in [0.2, 0.25) is 0 Å². The second kappa shape index (κ2) is 5.30. The van der Waals surface area contributed by atoms with Gasteiger partial charge in [0.05, 0.1) is 0 Å². The van der Waals surface area contributed by atoms with E-state index in [1.54, 1.807) is 6.07 Å². The molecule has 2 nitrogen and oxygen atoms in total. The second-order valence-corrected chi connectivity index (χ2v) is 4.41. The van der Waals surface area contributed by atoms with Crippen LogP contribution in [0.1, 0.15) is 18.4 Å². The first-order valence-electron chi connectivity index (χ1n) is 5.85. The van der Waals surface area contributed by atoms with Crippen LogP contribution in [0.4, 0.5) is 4.39 Å². The van der Waals surface area contributed by atoms with E-state index in [0.29, 0.717) is 12.4 Å². The SMILES string of the molecule is Cc1ccc(F)cc1OCCNCC1CC1. The Balaban J connectivity index is 1.69. The van der Waals surface area contributed by atoms with Crippen molar-refractivity contribution < 1.29 is 9.13 Å². The van der Waals surface area contributed by atoms with Gasteiger partial charge in [-0.2, -0.15) is 0 Å². The topological polar surface area (TPSA) is 21.3 Å². The van der Waals surface area contributed by atoms with E-state index < -0.39 is 0 Å². The average Bonchev–Trinajstić information content (AvgIpc) is 3.06. The molecule has 1 fully saturated rings. The molecular formula is C13H18FNO. The zero-order valence-corrected chi connectivity index (χ0v) is 9.63. The molecule has 0 amide bonds. The molecular weight excluding hydrogens is 205 g/mol. The zero-order valence-electron chi connectivity index (χ0n) is 9.63. The first-order valence-corrected chi connectivity index (χ1v) is 5.85. The highest BCUT2D eigenvalue weighted by Gasteiger charge is 2.19. The maximum absolute atomic E-state index is 12.9. The Morgan fingerprint density at radius 1 is 1.44 bits per heavy atom. The van der Waals surface area contributed by atoms with Crippen molar-refractivity contribution in [3.63, 3.8) is 0 Å². The Kier molecular flexibility index (Phi) is 3.78. The number of hydrogen-bond donors (Lipinski definition) is 1. The van der Waals surface area contributed by atoms with Crippen molar-refractivity contribution in [2.24, 2.45) is 5.92 Å². The Labute approximate surface area is 95.8 Å². The molecule has 0 heterocycles. The third-order valence-electron chi connectivity index (χ3n) is 2.82. The van der Waals surface area contributed by atoms with Crippen LogP contribution in [0, 0.1) is 18.7 Å². The van der Waals surface area contributed by atoms with Gasteiger partial charge in [-0.05, 0) is 43.9 Å². The fourth-order valence-electron chi connectivity index (χ4n) is 1.59. The number of hydrogen-bond acceptors (Lipinski definition) is 2. The van der Waals surface area contributed by atoms with Crippen molar-refractivity contribution in [2.75, 3.05) is 19.7 Å². The summed E-state index contributed by atoms with van der Waals surface area (Å²) in [7, 11) is 0. The summed E-state index contributed by atoms with van der Waals surface area (Å²) in [5.74, 6) is 1.29. The Hall–Kier alpha value is -1.09. The Morgan fingerprint density at radius 3 is 3.00 bits per heavy atom. The van der Waals surface area contributed by atoms with Crippen LogP contribution in [0.3, 0.4) is 0 Å². The van der Waals surface area contributed by atoms with Crippen molar-refractivity contribution in [1.82, 2.24) is 5.32 Å². The van der Waals surface area contributed by atoms with Gasteiger partial charge in [-0.3, -0.25) is 0 Å². The number of benzene rings is 1. The summed E-state index contributed by atoms with van der Waals surface area (Å²) in [5, 5.41) is 3.33. The molecule has 0 spiro atoms. The molecule has 2 rings (SSSR count). The maximum atomic E-state index is 12.9. The summed E-state index contributed by atoms with van der Waals surface area (Å²) in [5.41, 5.74) is 0.976. The zero-order chi connectivity index (χ0) is 11.4. The van der Waals surface area contributed by atoms with Gasteiger partial charge in [0.1, 0.15) is 18.2 Å². The Bertz CT molecular complexity index is 350. The summed E-state index contributed by atoms with van der Waals surface area (Å²) in [6.07, 6.45) is 2.72. The van der Waals surface area contributed by atoms with E-state index in [1.807, 2.05) is 6.92 Å². The monoisotopic (exact) mass is 223 g/mol. The highest BCUT2D eigenvalue weighted by atomic mass is 19.1. The van der Waals surface area contributed by atoms with Gasteiger partial charge in [-0.1, -0.05) is 6.07 Å². The van der Waals surface area contributed by atoms with Gasteiger partial charge in [0.25, 0.3) is 0 Å². The summed E-state index contributed by atoms with van der Waals surface area (Å²) < 4.78 is 18.5. The molecule has 1 aromatic carbocycles. The van der Waals surface area contributed by atoms with Crippen molar-refractivity contribution in [1.29, 1.82) is 0 Å². The molecule has 1 aromatic rings. The lowest BCUT2D eigenvalue weighted by molar-refractivity contribution is 0.309. The third-order valence-corrected chi connectivity index (χ3v) is 2.82. The van der Waals surface area contributed by atoms with E-state index >= 15 is 0 Å². The van der Waals surface area contributed by atoms with E-state index in [0.717, 1.165) is 24.6 Å². The molecule has 0 bridgehead atoms. The highest BCUT2D eigenvalue weighted by Crippen LogP contribution is 2.27. The van der Waals surface area contributed by atoms with Crippen molar-refractivity contribution in [3.05, 3.63) is 29.6 Å². The van der Waals surface area contributed by atoms with Crippen LogP contribution in [0.25, 0.3) is 0 Å². The molecule has 1 aliphatic carbocycles. The standard InChI is InChI=1S/C13H18FNO/c1-10-2-5-12(14)8-13(10)16-7-6-15-9-11-3-4-11/h2,5,8,11,15H,3-4,6-7,9H2,1H3. The number of halogens is 1. The summed E-state index contributed by atoms with van der Waals surface area (Å²) in [6, 6.07) is 4.63. The van der Waals surface area contributed by atoms with Crippen LogP contribution < -0.4 is 10.1 Å². The molecule has 0 radical (unpaired) electrons. The van der Waals surface area contributed by atoms with Crippen LogP contribution in [-0.2, 0) is 0 Å². The average molecular weight is 223 g/mol. The normalized spacial score (nSPS) is 15.1. The van der Waals surface area contributed by atoms with E-state index in [9.17, 15) is 4.39 Å². The van der Waals surface area contributed by atoms with Gasteiger partial charge in [0, 0.05) is 12.6 Å². The lowest BCUT2D eigenvalue weighted by Crippen LogP contribution is -2.23. The molecule has 0 saturated heterocycles. The molecule has 88 valence electrons. The van der Waals surface area contributed by atoms with Gasteiger partial charge >= 0.3 is 0 Å². The lowest BCUT2D eigenvalue weighted by Gasteiger charge is -2.09. The molecule has 0 aliphatic heterocycles. The van der Waals surface area contributed by atoms with Crippen molar-refractivity contribution in [3.8, 4) is 5.75 Å². The van der Waals surface area contributed by atoms with Gasteiger partial charge in [-0.25, -0.2) is 4.39 Å². The van der Waals surface area contributed by atoms with E-state index in [2.05, 4.69) is 5.32 Å². The highest BCUT2D eigenvalue weighted by molar-refractivity contribution is 5.32. The van der Waals surface area contributed by atoms with Crippen LogP contribution in [0.15, 0.2) is 18.2 Å². The lowest BCUT2D eigenvalue weighted by atomic mass is 10.2. The van der Waals surface area contributed by atoms with E-state index in [4.69, 9.17) is 4.74 Å². The van der Waals surface area contributed by atoms with E-state index in [-0.39, 0.29) is 5.82 Å². The fraction of sp³-hybridized carbons (Fsp3) is 0.538. The number of aryl methyl sites for hydroxylation is 1. The van der Waals surface area contributed by atoms with Crippen LogP contribution in [0.5, 0.6) is 5.75 Å². The van der Waals surface area contributed by atoms with Gasteiger partial charge < -0.3 is 10.1 Å². The Morgan fingerprint density at radius 2 is 2.25 bits per heavy atom. The van der Waals surface area contributed by atoms with Gasteiger partial charge in [0.15, 0.2) is 0 Å². The van der Waals surface area contributed by atoms with Crippen molar-refractivity contribution in [2.45, 2.75) is 19.8 Å². The number of rotatable bonds is 6. The van der Waals surface area contributed by atoms with Crippen molar-refractivity contribution >= 4 is 0 Å². The maximum Gasteiger partial charge on any atom is 0.126 e. The molecule has 16 heavy (non-hydrogen) atoms. The largest absolute Gasteiger partial charge is 0.492 e. The fourth-order valence-corrected chi connectivity index (χ4v) is 1.59. The molecule has 0 atom stereocenters.